The van der Waals surface area contributed by atoms with E-state index in [-0.39, 0.29) is 0 Å². The van der Waals surface area contributed by atoms with E-state index in [2.05, 4.69) is 4.98 Å². The second-order valence-corrected chi connectivity index (χ2v) is 5.20. The summed E-state index contributed by atoms with van der Waals surface area (Å²) in [6, 6.07) is 3.63. The highest BCUT2D eigenvalue weighted by molar-refractivity contribution is 7.13. The number of fused-ring (bicyclic) bond motifs is 1. The van der Waals surface area contributed by atoms with Crippen molar-refractivity contribution in [3.63, 3.8) is 0 Å². The van der Waals surface area contributed by atoms with Crippen LogP contribution in [0, 0.1) is 0 Å². The fraction of sp³-hybridized carbons (Fsp3) is 0.250. The van der Waals surface area contributed by atoms with Gasteiger partial charge in [0.25, 0.3) is 0 Å². The number of aromatic nitrogens is 1. The lowest BCUT2D eigenvalue weighted by Gasteiger charge is -2.10. The number of hydrogen-bond donors (Lipinski definition) is 1. The second kappa shape index (κ2) is 4.66. The maximum atomic E-state index is 6.25. The first kappa shape index (κ1) is 11.6. The number of anilines is 1. The van der Waals surface area contributed by atoms with E-state index >= 15 is 0 Å². The number of halogens is 1. The van der Waals surface area contributed by atoms with Crippen LogP contribution in [-0.2, 0) is 0 Å². The monoisotopic (exact) mass is 282 g/mol. The van der Waals surface area contributed by atoms with Gasteiger partial charge < -0.3 is 15.2 Å². The molecule has 0 radical (unpaired) electrons. The van der Waals surface area contributed by atoms with E-state index in [9.17, 15) is 0 Å². The largest absolute Gasteiger partial charge is 0.490 e. The van der Waals surface area contributed by atoms with Crippen LogP contribution >= 0.6 is 22.9 Å². The van der Waals surface area contributed by atoms with E-state index in [1.165, 1.54) is 11.3 Å². The summed E-state index contributed by atoms with van der Waals surface area (Å²) in [6.07, 6.45) is 0.866. The summed E-state index contributed by atoms with van der Waals surface area (Å²) >= 11 is 7.63. The molecule has 3 rings (SSSR count). The molecule has 1 aliphatic heterocycles. The van der Waals surface area contributed by atoms with Crippen LogP contribution in [0.5, 0.6) is 11.5 Å². The Bertz CT molecular complexity index is 585. The van der Waals surface area contributed by atoms with Gasteiger partial charge in [0.05, 0.1) is 23.9 Å². The van der Waals surface area contributed by atoms with Crippen molar-refractivity contribution in [1.29, 1.82) is 0 Å². The van der Waals surface area contributed by atoms with E-state index in [1.54, 1.807) is 6.07 Å². The minimum atomic E-state index is 0.521. The molecule has 0 spiro atoms. The van der Waals surface area contributed by atoms with Crippen molar-refractivity contribution in [3.05, 3.63) is 22.5 Å². The van der Waals surface area contributed by atoms with Gasteiger partial charge in [-0.05, 0) is 6.07 Å². The second-order valence-electron chi connectivity index (χ2n) is 3.90. The van der Waals surface area contributed by atoms with Crippen molar-refractivity contribution in [2.24, 2.45) is 0 Å². The first-order valence-corrected chi connectivity index (χ1v) is 6.80. The van der Waals surface area contributed by atoms with Gasteiger partial charge in [-0.1, -0.05) is 11.6 Å². The molecule has 0 unspecified atom stereocenters. The zero-order valence-electron chi connectivity index (χ0n) is 9.48. The van der Waals surface area contributed by atoms with Crippen molar-refractivity contribution < 1.29 is 9.47 Å². The molecule has 4 nitrogen and oxygen atoms in total. The topological polar surface area (TPSA) is 57.4 Å². The molecule has 0 atom stereocenters. The van der Waals surface area contributed by atoms with Crippen LogP contribution in [0.4, 0.5) is 5.13 Å². The number of hydrogen-bond acceptors (Lipinski definition) is 5. The minimum absolute atomic E-state index is 0.521. The quantitative estimate of drug-likeness (QED) is 0.872. The summed E-state index contributed by atoms with van der Waals surface area (Å²) < 4.78 is 11.2. The normalized spacial score (nSPS) is 14.3. The zero-order chi connectivity index (χ0) is 12.5. The van der Waals surface area contributed by atoms with Crippen molar-refractivity contribution >= 4 is 28.1 Å². The summed E-state index contributed by atoms with van der Waals surface area (Å²) in [7, 11) is 0. The highest BCUT2D eigenvalue weighted by Gasteiger charge is 2.16. The Morgan fingerprint density at radius 3 is 2.61 bits per heavy atom. The maximum Gasteiger partial charge on any atom is 0.180 e. The van der Waals surface area contributed by atoms with Crippen LogP contribution in [-0.4, -0.2) is 18.2 Å². The number of nitrogen functional groups attached to an aromatic ring is 1. The number of ether oxygens (including phenoxy) is 2. The molecule has 0 saturated heterocycles. The number of thiazole rings is 1. The zero-order valence-corrected chi connectivity index (χ0v) is 11.1. The first-order chi connectivity index (χ1) is 8.74. The molecular formula is C12H11ClN2O2S. The third-order valence-corrected chi connectivity index (χ3v) is 3.62. The molecule has 1 aromatic heterocycles. The molecule has 0 amide bonds. The fourth-order valence-corrected chi connectivity index (χ4v) is 2.61. The lowest BCUT2D eigenvalue weighted by atomic mass is 10.1. The third kappa shape index (κ3) is 2.11. The number of rotatable bonds is 1. The molecule has 6 heteroatoms. The lowest BCUT2D eigenvalue weighted by molar-refractivity contribution is 0.297. The van der Waals surface area contributed by atoms with E-state index in [1.807, 2.05) is 11.4 Å². The third-order valence-electron chi connectivity index (χ3n) is 2.64. The predicted molar refractivity (Wildman–Crippen MR) is 72.6 cm³/mol. The summed E-state index contributed by atoms with van der Waals surface area (Å²) in [4.78, 5) is 4.23. The van der Waals surface area contributed by atoms with Crippen LogP contribution in [0.25, 0.3) is 11.3 Å². The highest BCUT2D eigenvalue weighted by atomic mass is 35.5. The average molecular weight is 283 g/mol. The summed E-state index contributed by atoms with van der Waals surface area (Å²) in [5.41, 5.74) is 7.21. The summed E-state index contributed by atoms with van der Waals surface area (Å²) in [5, 5.41) is 2.98. The van der Waals surface area contributed by atoms with Crippen LogP contribution in [0.3, 0.4) is 0 Å². The molecule has 2 N–H and O–H groups in total. The molecule has 1 aliphatic rings. The van der Waals surface area contributed by atoms with Gasteiger partial charge in [0, 0.05) is 23.4 Å². The molecule has 94 valence electrons. The smallest absolute Gasteiger partial charge is 0.180 e. The van der Waals surface area contributed by atoms with Crippen LogP contribution < -0.4 is 15.2 Å². The molecule has 0 saturated carbocycles. The Kier molecular flexibility index (Phi) is 3.01. The van der Waals surface area contributed by atoms with Gasteiger partial charge in [-0.25, -0.2) is 4.98 Å². The van der Waals surface area contributed by atoms with Gasteiger partial charge in [0.1, 0.15) is 0 Å². The van der Waals surface area contributed by atoms with Gasteiger partial charge >= 0.3 is 0 Å². The van der Waals surface area contributed by atoms with Gasteiger partial charge in [-0.3, -0.25) is 0 Å². The molecule has 0 bridgehead atoms. The van der Waals surface area contributed by atoms with E-state index in [4.69, 9.17) is 26.8 Å². The van der Waals surface area contributed by atoms with E-state index in [0.29, 0.717) is 34.9 Å². The number of nitrogens with zero attached hydrogens (tertiary/aromatic N) is 1. The van der Waals surface area contributed by atoms with Gasteiger partial charge in [0.15, 0.2) is 16.6 Å². The SMILES string of the molecule is Nc1nc(-c2cc3c(cc2Cl)OCCCO3)cs1. The van der Waals surface area contributed by atoms with Gasteiger partial charge in [-0.15, -0.1) is 11.3 Å². The summed E-state index contributed by atoms with van der Waals surface area (Å²) in [5.74, 6) is 1.39. The van der Waals surface area contributed by atoms with Crippen molar-refractivity contribution in [1.82, 2.24) is 4.98 Å². The Balaban J connectivity index is 2.08. The van der Waals surface area contributed by atoms with Crippen LogP contribution in [0.1, 0.15) is 6.42 Å². The van der Waals surface area contributed by atoms with E-state index < -0.39 is 0 Å². The van der Waals surface area contributed by atoms with Crippen molar-refractivity contribution in [2.75, 3.05) is 18.9 Å². The Morgan fingerprint density at radius 1 is 1.22 bits per heavy atom. The average Bonchev–Trinajstić information content (AvgIpc) is 2.65. The van der Waals surface area contributed by atoms with E-state index in [0.717, 1.165) is 17.7 Å². The van der Waals surface area contributed by atoms with Crippen LogP contribution in [0.15, 0.2) is 17.5 Å². The highest BCUT2D eigenvalue weighted by Crippen LogP contribution is 2.39. The molecule has 1 aromatic carbocycles. The van der Waals surface area contributed by atoms with Gasteiger partial charge in [-0.2, -0.15) is 0 Å². The Labute approximate surface area is 113 Å². The standard InChI is InChI=1S/C12H11ClN2O2S/c13-8-5-11-10(16-2-1-3-17-11)4-7(8)9-6-18-12(14)15-9/h4-6H,1-3H2,(H2,14,15). The molecular weight excluding hydrogens is 272 g/mol. The fourth-order valence-electron chi connectivity index (χ4n) is 1.79. The van der Waals surface area contributed by atoms with Gasteiger partial charge in [0.2, 0.25) is 0 Å². The molecule has 2 heterocycles. The number of nitrogens with two attached hydrogens (primary N) is 1. The predicted octanol–water partition coefficient (Wildman–Crippen LogP) is 3.21. The molecule has 0 fully saturated rings. The first-order valence-electron chi connectivity index (χ1n) is 5.54. The Hall–Kier alpha value is -1.46. The molecule has 0 aliphatic carbocycles. The summed E-state index contributed by atoms with van der Waals surface area (Å²) in [6.45, 7) is 1.29. The van der Waals surface area contributed by atoms with Crippen molar-refractivity contribution in [2.45, 2.75) is 6.42 Å². The number of benzene rings is 1. The maximum absolute atomic E-state index is 6.25. The lowest BCUT2D eigenvalue weighted by Crippen LogP contribution is -1.97. The van der Waals surface area contributed by atoms with Crippen LogP contribution in [0.2, 0.25) is 5.02 Å². The minimum Gasteiger partial charge on any atom is -0.490 e. The molecule has 18 heavy (non-hydrogen) atoms. The van der Waals surface area contributed by atoms with Crippen molar-refractivity contribution in [3.8, 4) is 22.8 Å². The molecule has 2 aromatic rings. The Morgan fingerprint density at radius 2 is 1.94 bits per heavy atom.